The van der Waals surface area contributed by atoms with E-state index in [-0.39, 0.29) is 17.5 Å². The molecule has 2 aliphatic rings. The van der Waals surface area contributed by atoms with Crippen molar-refractivity contribution in [2.75, 3.05) is 0 Å². The first-order valence-corrected chi connectivity index (χ1v) is 5.49. The standard InChI is InChI=1S/C12H13NO4/c1-6(2)11(14)17-10-8(5-13)3-7-4-9(10)16-12(7)15/h7-10H,1,3-4H2,2H3. The molecule has 0 spiro atoms. The summed E-state index contributed by atoms with van der Waals surface area (Å²) in [5.41, 5.74) is 0.271. The number of carbonyl (C=O) groups is 2. The van der Waals surface area contributed by atoms with Crippen LogP contribution in [0, 0.1) is 23.2 Å². The monoisotopic (exact) mass is 235 g/mol. The summed E-state index contributed by atoms with van der Waals surface area (Å²) < 4.78 is 10.3. The zero-order chi connectivity index (χ0) is 12.6. The van der Waals surface area contributed by atoms with Crippen LogP contribution in [-0.2, 0) is 19.1 Å². The van der Waals surface area contributed by atoms with Crippen LogP contribution in [0.4, 0.5) is 0 Å². The van der Waals surface area contributed by atoms with Gasteiger partial charge in [-0.05, 0) is 13.3 Å². The molecule has 1 saturated heterocycles. The normalized spacial score (nSPS) is 34.7. The molecule has 5 nitrogen and oxygen atoms in total. The van der Waals surface area contributed by atoms with Gasteiger partial charge in [0.05, 0.1) is 17.9 Å². The highest BCUT2D eigenvalue weighted by Crippen LogP contribution is 2.39. The van der Waals surface area contributed by atoms with Gasteiger partial charge in [0.15, 0.2) is 6.10 Å². The second-order valence-corrected chi connectivity index (χ2v) is 4.53. The summed E-state index contributed by atoms with van der Waals surface area (Å²) in [6.07, 6.45) is -0.202. The number of hydrogen-bond donors (Lipinski definition) is 0. The summed E-state index contributed by atoms with van der Waals surface area (Å²) in [6, 6.07) is 2.08. The van der Waals surface area contributed by atoms with Crippen molar-refractivity contribution in [1.29, 1.82) is 5.26 Å². The van der Waals surface area contributed by atoms with E-state index in [1.165, 1.54) is 6.92 Å². The van der Waals surface area contributed by atoms with Crippen LogP contribution in [0.1, 0.15) is 19.8 Å². The minimum atomic E-state index is -0.660. The van der Waals surface area contributed by atoms with Crippen LogP contribution in [0.5, 0.6) is 0 Å². The lowest BCUT2D eigenvalue weighted by Crippen LogP contribution is -2.40. The molecular formula is C12H13NO4. The molecule has 0 aromatic rings. The third kappa shape index (κ3) is 2.03. The molecule has 0 aromatic carbocycles. The first-order chi connectivity index (χ1) is 8.02. The van der Waals surface area contributed by atoms with E-state index >= 15 is 0 Å². The highest BCUT2D eigenvalue weighted by atomic mass is 16.6. The first-order valence-electron chi connectivity index (χ1n) is 5.49. The molecule has 0 radical (unpaired) electrons. The van der Waals surface area contributed by atoms with Gasteiger partial charge in [-0.15, -0.1) is 0 Å². The van der Waals surface area contributed by atoms with E-state index < -0.39 is 24.1 Å². The molecule has 17 heavy (non-hydrogen) atoms. The van der Waals surface area contributed by atoms with Gasteiger partial charge in [0.1, 0.15) is 6.10 Å². The molecular weight excluding hydrogens is 222 g/mol. The Morgan fingerprint density at radius 1 is 1.59 bits per heavy atom. The number of rotatable bonds is 2. The SMILES string of the molecule is C=C(C)C(=O)OC1C(C#N)CC2CC1OC2=O. The second kappa shape index (κ2) is 4.21. The lowest BCUT2D eigenvalue weighted by atomic mass is 9.80. The van der Waals surface area contributed by atoms with Crippen molar-refractivity contribution < 1.29 is 19.1 Å². The van der Waals surface area contributed by atoms with E-state index in [4.69, 9.17) is 14.7 Å². The molecule has 1 heterocycles. The number of esters is 2. The van der Waals surface area contributed by atoms with Crippen molar-refractivity contribution in [1.82, 2.24) is 0 Å². The van der Waals surface area contributed by atoms with Crippen LogP contribution in [0.3, 0.4) is 0 Å². The Hall–Kier alpha value is -1.83. The predicted molar refractivity (Wildman–Crippen MR) is 56.4 cm³/mol. The number of nitriles is 1. The Morgan fingerprint density at radius 3 is 2.88 bits per heavy atom. The number of hydrogen-bond acceptors (Lipinski definition) is 5. The van der Waals surface area contributed by atoms with Crippen LogP contribution >= 0.6 is 0 Å². The predicted octanol–water partition coefficient (Wildman–Crippen LogP) is 0.949. The maximum atomic E-state index is 11.5. The molecule has 4 atom stereocenters. The lowest BCUT2D eigenvalue weighted by Gasteiger charge is -2.29. The smallest absolute Gasteiger partial charge is 0.333 e. The van der Waals surface area contributed by atoms with Gasteiger partial charge in [-0.2, -0.15) is 5.26 Å². The molecule has 1 saturated carbocycles. The molecule has 4 unspecified atom stereocenters. The van der Waals surface area contributed by atoms with Crippen molar-refractivity contribution in [2.45, 2.75) is 32.0 Å². The lowest BCUT2D eigenvalue weighted by molar-refractivity contribution is -0.159. The molecule has 0 N–H and O–H groups in total. The minimum Gasteiger partial charge on any atom is -0.458 e. The van der Waals surface area contributed by atoms with Gasteiger partial charge in [0.2, 0.25) is 0 Å². The van der Waals surface area contributed by atoms with Crippen LogP contribution < -0.4 is 0 Å². The number of ether oxygens (including phenoxy) is 2. The highest BCUT2D eigenvalue weighted by molar-refractivity contribution is 5.87. The average Bonchev–Trinajstić information content (AvgIpc) is 2.59. The van der Waals surface area contributed by atoms with Crippen LogP contribution in [0.2, 0.25) is 0 Å². The summed E-state index contributed by atoms with van der Waals surface area (Å²) in [4.78, 5) is 22.9. The summed E-state index contributed by atoms with van der Waals surface area (Å²) in [5.74, 6) is -1.53. The van der Waals surface area contributed by atoms with Gasteiger partial charge >= 0.3 is 11.9 Å². The van der Waals surface area contributed by atoms with Gasteiger partial charge < -0.3 is 9.47 Å². The second-order valence-electron chi connectivity index (χ2n) is 4.53. The van der Waals surface area contributed by atoms with Crippen LogP contribution in [-0.4, -0.2) is 24.1 Å². The van der Waals surface area contributed by atoms with Crippen molar-refractivity contribution in [2.24, 2.45) is 11.8 Å². The summed E-state index contributed by atoms with van der Waals surface area (Å²) in [7, 11) is 0. The average molecular weight is 235 g/mol. The Bertz CT molecular complexity index is 423. The van der Waals surface area contributed by atoms with Gasteiger partial charge in [0.25, 0.3) is 0 Å². The van der Waals surface area contributed by atoms with Crippen molar-refractivity contribution >= 4 is 11.9 Å². The van der Waals surface area contributed by atoms with Crippen molar-refractivity contribution in [3.8, 4) is 6.07 Å². The van der Waals surface area contributed by atoms with Crippen LogP contribution in [0.15, 0.2) is 12.2 Å². The topological polar surface area (TPSA) is 76.4 Å². The van der Waals surface area contributed by atoms with E-state index in [1.807, 2.05) is 0 Å². The molecule has 0 aromatic heterocycles. The Morgan fingerprint density at radius 2 is 2.29 bits per heavy atom. The quantitative estimate of drug-likeness (QED) is 0.526. The van der Waals surface area contributed by atoms with Crippen molar-refractivity contribution in [3.63, 3.8) is 0 Å². The van der Waals surface area contributed by atoms with E-state index in [1.54, 1.807) is 0 Å². The third-order valence-corrected chi connectivity index (χ3v) is 3.18. The van der Waals surface area contributed by atoms with E-state index in [9.17, 15) is 9.59 Å². The van der Waals surface area contributed by atoms with Gasteiger partial charge in [-0.3, -0.25) is 4.79 Å². The summed E-state index contributed by atoms with van der Waals surface area (Å²) in [5, 5.41) is 9.03. The fraction of sp³-hybridized carbons (Fsp3) is 0.583. The first kappa shape index (κ1) is 11.6. The molecule has 2 bridgehead atoms. The third-order valence-electron chi connectivity index (χ3n) is 3.18. The van der Waals surface area contributed by atoms with E-state index in [2.05, 4.69) is 12.6 Å². The molecule has 2 fully saturated rings. The Labute approximate surface area is 99.0 Å². The van der Waals surface area contributed by atoms with Gasteiger partial charge in [-0.1, -0.05) is 6.58 Å². The molecule has 1 aliphatic heterocycles. The largest absolute Gasteiger partial charge is 0.458 e. The maximum absolute atomic E-state index is 11.5. The molecule has 1 aliphatic carbocycles. The Balaban J connectivity index is 2.14. The number of fused-ring (bicyclic) bond motifs is 2. The number of nitrogens with zero attached hydrogens (tertiary/aromatic N) is 1. The van der Waals surface area contributed by atoms with Crippen LogP contribution in [0.25, 0.3) is 0 Å². The Kier molecular flexibility index (Phi) is 2.88. The van der Waals surface area contributed by atoms with Gasteiger partial charge in [-0.25, -0.2) is 4.79 Å². The fourth-order valence-corrected chi connectivity index (χ4v) is 2.27. The zero-order valence-electron chi connectivity index (χ0n) is 9.51. The van der Waals surface area contributed by atoms with Crippen molar-refractivity contribution in [3.05, 3.63) is 12.2 Å². The molecule has 90 valence electrons. The maximum Gasteiger partial charge on any atom is 0.333 e. The minimum absolute atomic E-state index is 0.218. The highest BCUT2D eigenvalue weighted by Gasteiger charge is 2.50. The van der Waals surface area contributed by atoms with E-state index in [0.29, 0.717) is 12.8 Å². The van der Waals surface area contributed by atoms with E-state index in [0.717, 1.165) is 0 Å². The summed E-state index contributed by atoms with van der Waals surface area (Å²) >= 11 is 0. The summed E-state index contributed by atoms with van der Waals surface area (Å²) in [6.45, 7) is 5.02. The molecule has 2 rings (SSSR count). The number of carbonyl (C=O) groups excluding carboxylic acids is 2. The fourth-order valence-electron chi connectivity index (χ4n) is 2.27. The molecule has 0 amide bonds. The zero-order valence-corrected chi connectivity index (χ0v) is 9.51. The van der Waals surface area contributed by atoms with Gasteiger partial charge in [0, 0.05) is 12.0 Å². The molecule has 5 heteroatoms.